The monoisotopic (exact) mass is 652 g/mol. The number of hydrogen-bond donors (Lipinski definition) is 2. The number of benzene rings is 3. The third-order valence-corrected chi connectivity index (χ3v) is 8.45. The van der Waals surface area contributed by atoms with Crippen LogP contribution in [0.15, 0.2) is 72.8 Å². The Morgan fingerprint density at radius 1 is 0.851 bits per heavy atom. The van der Waals surface area contributed by atoms with Crippen molar-refractivity contribution in [3.8, 4) is 11.5 Å². The van der Waals surface area contributed by atoms with Crippen LogP contribution in [0.3, 0.4) is 0 Å². The molecule has 0 aromatic heterocycles. The highest BCUT2D eigenvalue weighted by atomic mass is 19.1. The molecule has 2 aliphatic heterocycles. The van der Waals surface area contributed by atoms with Gasteiger partial charge in [-0.1, -0.05) is 24.3 Å². The average Bonchev–Trinajstić information content (AvgIpc) is 3.07. The topological polar surface area (TPSA) is 109 Å². The Kier molecular flexibility index (Phi) is 13.3. The Hall–Kier alpha value is -4.32. The van der Waals surface area contributed by atoms with Crippen molar-refractivity contribution in [1.82, 2.24) is 9.80 Å². The maximum atomic E-state index is 13.5. The molecule has 11 heteroatoms. The summed E-state index contributed by atoms with van der Waals surface area (Å²) < 4.78 is 44.3. The number of carboxylic acid groups (broad SMARTS) is 2. The highest BCUT2D eigenvalue weighted by Crippen LogP contribution is 2.37. The van der Waals surface area contributed by atoms with Crippen LogP contribution in [0.1, 0.15) is 47.1 Å². The van der Waals surface area contributed by atoms with Crippen molar-refractivity contribution in [1.29, 1.82) is 0 Å². The molecule has 3 aromatic carbocycles. The van der Waals surface area contributed by atoms with Gasteiger partial charge < -0.3 is 29.3 Å². The second-order valence-corrected chi connectivity index (χ2v) is 11.5. The lowest BCUT2D eigenvalue weighted by molar-refractivity contribution is -0.134. The molecule has 5 rings (SSSR count). The fraction of sp³-hybridized carbons (Fsp3) is 0.389. The highest BCUT2D eigenvalue weighted by Gasteiger charge is 2.27. The van der Waals surface area contributed by atoms with Gasteiger partial charge >= 0.3 is 11.9 Å². The molecule has 0 saturated carbocycles. The summed E-state index contributed by atoms with van der Waals surface area (Å²) >= 11 is 0. The number of carbonyl (C=O) groups is 2. The van der Waals surface area contributed by atoms with Gasteiger partial charge in [0, 0.05) is 50.8 Å². The molecule has 0 radical (unpaired) electrons. The lowest BCUT2D eigenvalue weighted by Crippen LogP contribution is -2.48. The predicted molar refractivity (Wildman–Crippen MR) is 173 cm³/mol. The summed E-state index contributed by atoms with van der Waals surface area (Å²) in [5.41, 5.74) is 4.61. The molecule has 47 heavy (non-hydrogen) atoms. The number of aliphatic carboxylic acids is 2. The summed E-state index contributed by atoms with van der Waals surface area (Å²) in [6.45, 7) is 6.63. The van der Waals surface area contributed by atoms with Crippen LogP contribution in [0.2, 0.25) is 0 Å². The molecule has 1 fully saturated rings. The first-order chi connectivity index (χ1) is 22.7. The Morgan fingerprint density at radius 3 is 1.87 bits per heavy atom. The number of nitrogens with zero attached hydrogens (tertiary/aromatic N) is 2. The van der Waals surface area contributed by atoms with Crippen molar-refractivity contribution in [2.24, 2.45) is 0 Å². The van der Waals surface area contributed by atoms with Crippen molar-refractivity contribution in [2.75, 3.05) is 60.1 Å². The molecule has 2 aliphatic rings. The molecule has 0 spiro atoms. The van der Waals surface area contributed by atoms with Gasteiger partial charge in [-0.05, 0) is 84.5 Å². The molecular formula is C36H42F2N2O7. The van der Waals surface area contributed by atoms with Crippen LogP contribution in [0, 0.1) is 11.6 Å². The molecule has 9 nitrogen and oxygen atoms in total. The normalized spacial score (nSPS) is 16.7. The summed E-state index contributed by atoms with van der Waals surface area (Å²) in [5, 5.41) is 15.6. The first-order valence-corrected chi connectivity index (χ1v) is 15.6. The summed E-state index contributed by atoms with van der Waals surface area (Å²) in [6, 6.07) is 17.6. The summed E-state index contributed by atoms with van der Waals surface area (Å²) in [7, 11) is 3.34. The van der Waals surface area contributed by atoms with Gasteiger partial charge in [0.05, 0.1) is 26.9 Å². The minimum absolute atomic E-state index is 0.0345. The highest BCUT2D eigenvalue weighted by molar-refractivity contribution is 5.89. The zero-order valence-corrected chi connectivity index (χ0v) is 26.7. The van der Waals surface area contributed by atoms with Crippen LogP contribution in [0.25, 0.3) is 0 Å². The van der Waals surface area contributed by atoms with Gasteiger partial charge in [0.25, 0.3) is 0 Å². The van der Waals surface area contributed by atoms with E-state index in [0.717, 1.165) is 87.8 Å². The van der Waals surface area contributed by atoms with Crippen LogP contribution in [0.4, 0.5) is 8.78 Å². The molecular weight excluding hydrogens is 610 g/mol. The quantitative estimate of drug-likeness (QED) is 0.244. The third kappa shape index (κ3) is 10.6. The van der Waals surface area contributed by atoms with E-state index >= 15 is 0 Å². The van der Waals surface area contributed by atoms with E-state index in [1.165, 1.54) is 35.4 Å². The van der Waals surface area contributed by atoms with Crippen molar-refractivity contribution in [2.45, 2.75) is 31.3 Å². The van der Waals surface area contributed by atoms with E-state index in [-0.39, 0.29) is 23.7 Å². The van der Waals surface area contributed by atoms with Gasteiger partial charge in [-0.15, -0.1) is 0 Å². The number of carboxylic acids is 2. The maximum absolute atomic E-state index is 13.5. The Morgan fingerprint density at radius 2 is 1.36 bits per heavy atom. The second kappa shape index (κ2) is 17.6. The zero-order valence-electron chi connectivity index (χ0n) is 26.7. The lowest BCUT2D eigenvalue weighted by atomic mass is 9.87. The number of ether oxygens (including phenoxy) is 3. The van der Waals surface area contributed by atoms with E-state index in [1.54, 1.807) is 14.2 Å². The molecule has 0 amide bonds. The largest absolute Gasteiger partial charge is 0.493 e. The van der Waals surface area contributed by atoms with Crippen molar-refractivity contribution >= 4 is 11.9 Å². The van der Waals surface area contributed by atoms with Gasteiger partial charge in [0.2, 0.25) is 0 Å². The summed E-state index contributed by atoms with van der Waals surface area (Å²) in [4.78, 5) is 24.1. The Balaban J connectivity index is 0.000000555. The van der Waals surface area contributed by atoms with Gasteiger partial charge in [-0.2, -0.15) is 0 Å². The van der Waals surface area contributed by atoms with Crippen LogP contribution < -0.4 is 9.47 Å². The lowest BCUT2D eigenvalue weighted by Gasteiger charge is -2.38. The number of hydrogen-bond acceptors (Lipinski definition) is 7. The van der Waals surface area contributed by atoms with Crippen molar-refractivity contribution < 1.29 is 42.8 Å². The van der Waals surface area contributed by atoms with E-state index in [9.17, 15) is 18.4 Å². The van der Waals surface area contributed by atoms with Crippen molar-refractivity contribution in [3.05, 3.63) is 107 Å². The van der Waals surface area contributed by atoms with Crippen LogP contribution in [-0.4, -0.2) is 92.0 Å². The number of fused-ring (bicyclic) bond motifs is 1. The molecule has 252 valence electrons. The van der Waals surface area contributed by atoms with Crippen LogP contribution in [-0.2, 0) is 20.7 Å². The van der Waals surface area contributed by atoms with E-state index in [0.29, 0.717) is 12.2 Å². The molecule has 1 atom stereocenters. The maximum Gasteiger partial charge on any atom is 0.328 e. The first kappa shape index (κ1) is 35.5. The fourth-order valence-corrected chi connectivity index (χ4v) is 6.01. The molecule has 0 aliphatic carbocycles. The number of rotatable bonds is 12. The average molecular weight is 653 g/mol. The molecule has 1 saturated heterocycles. The molecule has 2 N–H and O–H groups in total. The van der Waals surface area contributed by atoms with Gasteiger partial charge in [0.15, 0.2) is 11.5 Å². The van der Waals surface area contributed by atoms with Crippen molar-refractivity contribution in [3.63, 3.8) is 0 Å². The zero-order chi connectivity index (χ0) is 33.8. The Bertz CT molecular complexity index is 1430. The van der Waals surface area contributed by atoms with E-state index in [1.807, 2.05) is 24.3 Å². The number of halogens is 2. The smallest absolute Gasteiger partial charge is 0.328 e. The molecule has 1 unspecified atom stereocenters. The summed E-state index contributed by atoms with van der Waals surface area (Å²) in [5.74, 6) is -1.36. The summed E-state index contributed by atoms with van der Waals surface area (Å²) in [6.07, 6.45) is 3.98. The number of methoxy groups -OCH3 is 2. The predicted octanol–water partition coefficient (Wildman–Crippen LogP) is 5.54. The van der Waals surface area contributed by atoms with Crippen LogP contribution in [0.5, 0.6) is 11.5 Å². The third-order valence-electron chi connectivity index (χ3n) is 8.45. The van der Waals surface area contributed by atoms with E-state index < -0.39 is 11.9 Å². The molecule has 0 bridgehead atoms. The molecule has 2 heterocycles. The second-order valence-electron chi connectivity index (χ2n) is 11.5. The van der Waals surface area contributed by atoms with Gasteiger partial charge in [-0.3, -0.25) is 4.90 Å². The number of piperazine rings is 1. The fourth-order valence-electron chi connectivity index (χ4n) is 6.01. The van der Waals surface area contributed by atoms with Gasteiger partial charge in [0.1, 0.15) is 11.6 Å². The first-order valence-electron chi connectivity index (χ1n) is 15.6. The van der Waals surface area contributed by atoms with Gasteiger partial charge in [-0.25, -0.2) is 18.4 Å². The SMILES string of the molecule is COc1cc2c(cc1OC)C(CN1CCN(CCCC(c3ccc(F)cc3)c3ccc(F)cc3)CC1)OCC2.O=C(O)C=CC(=O)O. The standard InChI is InChI=1S/C32H38F2N2O3.C4H4O4/c1-37-30-20-25-13-19-39-32(29(25)21-31(30)38-2)22-36-17-15-35(16-18-36)14-3-4-28(23-5-9-26(33)10-6-23)24-7-11-27(34)12-8-24;5-3(6)1-2-4(7)8/h5-12,20-21,28,32H,3-4,13-19,22H2,1-2H3;1-2H,(H,5,6)(H,7,8). The minimum Gasteiger partial charge on any atom is -0.493 e. The van der Waals surface area contributed by atoms with E-state index in [2.05, 4.69) is 21.9 Å². The van der Waals surface area contributed by atoms with E-state index in [4.69, 9.17) is 24.4 Å². The van der Waals surface area contributed by atoms with Crippen LogP contribution >= 0.6 is 0 Å². The Labute approximate surface area is 274 Å². The minimum atomic E-state index is -1.26. The molecule has 3 aromatic rings.